The Hall–Kier alpha value is -1.16. The molecule has 0 aliphatic rings. The number of phenols is 1. The predicted octanol–water partition coefficient (Wildman–Crippen LogP) is 1.57. The minimum atomic E-state index is -0.232. The van der Waals surface area contributed by atoms with E-state index in [0.717, 1.165) is 5.56 Å². The van der Waals surface area contributed by atoms with Gasteiger partial charge in [0.2, 0.25) is 5.91 Å². The quantitative estimate of drug-likeness (QED) is 0.498. The van der Waals surface area contributed by atoms with Crippen LogP contribution in [0.25, 0.3) is 0 Å². The van der Waals surface area contributed by atoms with Crippen molar-refractivity contribution in [2.24, 2.45) is 0 Å². The van der Waals surface area contributed by atoms with Gasteiger partial charge in [0.1, 0.15) is 5.75 Å². The lowest BCUT2D eigenvalue weighted by atomic mass is 10.2. The predicted molar refractivity (Wildman–Crippen MR) is 55.3 cm³/mol. The molecule has 0 fully saturated rings. The Bertz CT molecular complexity index is 325. The smallest absolute Gasteiger partial charge is 0.234 e. The standard InChI is InChI=1S/C9H11NO2S/c1-6-2-3-8(11)7(4-6)10-9(12)5-13/h2-4,11,13H,5H2,1H3,(H,10,12). The zero-order valence-electron chi connectivity index (χ0n) is 7.24. The Morgan fingerprint density at radius 2 is 2.31 bits per heavy atom. The van der Waals surface area contributed by atoms with E-state index in [2.05, 4.69) is 17.9 Å². The highest BCUT2D eigenvalue weighted by molar-refractivity contribution is 7.81. The molecule has 13 heavy (non-hydrogen) atoms. The minimum absolute atomic E-state index is 0.0701. The summed E-state index contributed by atoms with van der Waals surface area (Å²) >= 11 is 3.81. The number of carbonyl (C=O) groups is 1. The van der Waals surface area contributed by atoms with Gasteiger partial charge < -0.3 is 10.4 Å². The van der Waals surface area contributed by atoms with Gasteiger partial charge in [0, 0.05) is 0 Å². The van der Waals surface area contributed by atoms with Crippen molar-refractivity contribution in [2.75, 3.05) is 11.1 Å². The van der Waals surface area contributed by atoms with Gasteiger partial charge in [0.15, 0.2) is 0 Å². The number of thiol groups is 1. The minimum Gasteiger partial charge on any atom is -0.506 e. The van der Waals surface area contributed by atoms with Crippen LogP contribution in [0.15, 0.2) is 18.2 Å². The highest BCUT2D eigenvalue weighted by Crippen LogP contribution is 2.23. The molecule has 1 amide bonds. The summed E-state index contributed by atoms with van der Waals surface area (Å²) in [6.07, 6.45) is 0. The lowest BCUT2D eigenvalue weighted by molar-refractivity contribution is -0.113. The maximum atomic E-state index is 10.9. The highest BCUT2D eigenvalue weighted by Gasteiger charge is 2.03. The van der Waals surface area contributed by atoms with Crippen LogP contribution < -0.4 is 5.32 Å². The maximum Gasteiger partial charge on any atom is 0.234 e. The second-order valence-corrected chi connectivity index (χ2v) is 3.04. The molecule has 0 bridgehead atoms. The summed E-state index contributed by atoms with van der Waals surface area (Å²) in [6, 6.07) is 5.02. The third-order valence-electron chi connectivity index (χ3n) is 1.57. The van der Waals surface area contributed by atoms with Crippen LogP contribution in [0.1, 0.15) is 5.56 Å². The largest absolute Gasteiger partial charge is 0.506 e. The molecule has 0 heterocycles. The van der Waals surface area contributed by atoms with Crippen LogP contribution in [0.4, 0.5) is 5.69 Å². The van der Waals surface area contributed by atoms with Crippen molar-refractivity contribution in [3.05, 3.63) is 23.8 Å². The average Bonchev–Trinajstić information content (AvgIpc) is 2.11. The monoisotopic (exact) mass is 197 g/mol. The summed E-state index contributed by atoms with van der Waals surface area (Å²) in [5, 5.41) is 11.9. The summed E-state index contributed by atoms with van der Waals surface area (Å²) in [4.78, 5) is 10.9. The number of rotatable bonds is 2. The summed E-state index contributed by atoms with van der Waals surface area (Å²) in [7, 11) is 0. The molecule has 0 saturated carbocycles. The van der Waals surface area contributed by atoms with Crippen LogP contribution in [0.5, 0.6) is 5.75 Å². The van der Waals surface area contributed by atoms with E-state index in [0.29, 0.717) is 5.69 Å². The fourth-order valence-corrected chi connectivity index (χ4v) is 1.02. The molecule has 1 aromatic rings. The van der Waals surface area contributed by atoms with E-state index >= 15 is 0 Å². The molecule has 1 rings (SSSR count). The molecule has 0 atom stereocenters. The maximum absolute atomic E-state index is 10.9. The molecule has 0 unspecified atom stereocenters. The van der Waals surface area contributed by atoms with Crippen LogP contribution in [0, 0.1) is 6.92 Å². The van der Waals surface area contributed by atoms with Crippen molar-refractivity contribution in [2.45, 2.75) is 6.92 Å². The van der Waals surface area contributed by atoms with Crippen LogP contribution in [0.2, 0.25) is 0 Å². The fraction of sp³-hybridized carbons (Fsp3) is 0.222. The zero-order chi connectivity index (χ0) is 9.84. The Labute approximate surface area is 82.2 Å². The van der Waals surface area contributed by atoms with Crippen LogP contribution in [-0.4, -0.2) is 16.8 Å². The molecular weight excluding hydrogens is 186 g/mol. The van der Waals surface area contributed by atoms with Crippen molar-refractivity contribution >= 4 is 24.2 Å². The number of nitrogens with one attached hydrogen (secondary N) is 1. The second kappa shape index (κ2) is 4.18. The third kappa shape index (κ3) is 2.66. The number of aromatic hydroxyl groups is 1. The molecule has 2 N–H and O–H groups in total. The first-order valence-corrected chi connectivity index (χ1v) is 4.47. The van der Waals surface area contributed by atoms with Crippen molar-refractivity contribution < 1.29 is 9.90 Å². The van der Waals surface area contributed by atoms with E-state index in [-0.39, 0.29) is 17.4 Å². The van der Waals surface area contributed by atoms with Crippen LogP contribution >= 0.6 is 12.6 Å². The molecular formula is C9H11NO2S. The summed E-state index contributed by atoms with van der Waals surface area (Å²) in [5.41, 5.74) is 1.41. The number of aryl methyl sites for hydroxylation is 1. The van der Waals surface area contributed by atoms with Gasteiger partial charge >= 0.3 is 0 Å². The van der Waals surface area contributed by atoms with Crippen molar-refractivity contribution in [3.8, 4) is 5.75 Å². The first kappa shape index (κ1) is 9.92. The Morgan fingerprint density at radius 1 is 1.62 bits per heavy atom. The number of carbonyl (C=O) groups excluding carboxylic acids is 1. The number of hydrogen-bond acceptors (Lipinski definition) is 3. The van der Waals surface area contributed by atoms with E-state index < -0.39 is 0 Å². The molecule has 1 aromatic carbocycles. The van der Waals surface area contributed by atoms with Crippen LogP contribution in [0.3, 0.4) is 0 Å². The zero-order valence-corrected chi connectivity index (χ0v) is 8.14. The summed E-state index contributed by atoms with van der Waals surface area (Å²) < 4.78 is 0. The van der Waals surface area contributed by atoms with Gasteiger partial charge in [-0.15, -0.1) is 0 Å². The second-order valence-electron chi connectivity index (χ2n) is 2.73. The lowest BCUT2D eigenvalue weighted by Crippen LogP contribution is -2.12. The van der Waals surface area contributed by atoms with E-state index in [1.54, 1.807) is 18.2 Å². The molecule has 0 spiro atoms. The van der Waals surface area contributed by atoms with Crippen molar-refractivity contribution in [1.29, 1.82) is 0 Å². The van der Waals surface area contributed by atoms with Gasteiger partial charge in [-0.25, -0.2) is 0 Å². The summed E-state index contributed by atoms with van der Waals surface area (Å²) in [6.45, 7) is 1.88. The Kier molecular flexibility index (Phi) is 3.19. The SMILES string of the molecule is Cc1ccc(O)c(NC(=O)CS)c1. The molecule has 3 nitrogen and oxygen atoms in total. The molecule has 0 saturated heterocycles. The van der Waals surface area contributed by atoms with Gasteiger partial charge in [-0.3, -0.25) is 4.79 Å². The number of benzene rings is 1. The molecule has 0 radical (unpaired) electrons. The average molecular weight is 197 g/mol. The molecule has 70 valence electrons. The van der Waals surface area contributed by atoms with E-state index in [1.807, 2.05) is 6.92 Å². The van der Waals surface area contributed by atoms with Gasteiger partial charge in [0.25, 0.3) is 0 Å². The van der Waals surface area contributed by atoms with E-state index in [9.17, 15) is 9.90 Å². The fourth-order valence-electron chi connectivity index (χ4n) is 0.940. The molecule has 4 heteroatoms. The number of amides is 1. The summed E-state index contributed by atoms with van der Waals surface area (Å²) in [5.74, 6) is -0.0575. The Morgan fingerprint density at radius 3 is 2.92 bits per heavy atom. The van der Waals surface area contributed by atoms with Gasteiger partial charge in [-0.05, 0) is 24.6 Å². The van der Waals surface area contributed by atoms with E-state index in [4.69, 9.17) is 0 Å². The van der Waals surface area contributed by atoms with E-state index in [1.165, 1.54) is 0 Å². The highest BCUT2D eigenvalue weighted by atomic mass is 32.1. The van der Waals surface area contributed by atoms with Gasteiger partial charge in [0.05, 0.1) is 11.4 Å². The van der Waals surface area contributed by atoms with Crippen molar-refractivity contribution in [3.63, 3.8) is 0 Å². The first-order chi connectivity index (χ1) is 6.13. The molecule has 0 aliphatic heterocycles. The van der Waals surface area contributed by atoms with Crippen molar-refractivity contribution in [1.82, 2.24) is 0 Å². The normalized spacial score (nSPS) is 9.69. The number of hydrogen-bond donors (Lipinski definition) is 3. The molecule has 0 aliphatic carbocycles. The first-order valence-electron chi connectivity index (χ1n) is 3.84. The molecule has 0 aromatic heterocycles. The topological polar surface area (TPSA) is 49.3 Å². The number of anilines is 1. The van der Waals surface area contributed by atoms with Gasteiger partial charge in [-0.2, -0.15) is 12.6 Å². The third-order valence-corrected chi connectivity index (χ3v) is 1.86. The number of phenolic OH excluding ortho intramolecular Hbond substituents is 1. The Balaban J connectivity index is 2.87. The van der Waals surface area contributed by atoms with Gasteiger partial charge in [-0.1, -0.05) is 6.07 Å². The lowest BCUT2D eigenvalue weighted by Gasteiger charge is -2.06. The van der Waals surface area contributed by atoms with Crippen LogP contribution in [-0.2, 0) is 4.79 Å².